The van der Waals surface area contributed by atoms with E-state index in [1.54, 1.807) is 29.8 Å². The number of rotatable bonds is 5. The Morgan fingerprint density at radius 3 is 3.09 bits per heavy atom. The van der Waals surface area contributed by atoms with Gasteiger partial charge in [0.05, 0.1) is 11.2 Å². The molecule has 9 heteroatoms. The van der Waals surface area contributed by atoms with Crippen molar-refractivity contribution in [2.45, 2.75) is 6.42 Å². The number of carbonyl (C=O) groups is 2. The number of hydrogen-bond acceptors (Lipinski definition) is 7. The lowest BCUT2D eigenvalue weighted by molar-refractivity contribution is -0.122. The lowest BCUT2D eigenvalue weighted by Crippen LogP contribution is -2.31. The Kier molecular flexibility index (Phi) is 4.89. The number of nitrogens with one attached hydrogen (secondary N) is 1. The average Bonchev–Trinajstić information content (AvgIpc) is 3.23. The van der Waals surface area contributed by atoms with E-state index < -0.39 is 0 Å². The van der Waals surface area contributed by atoms with Gasteiger partial charge in [-0.3, -0.25) is 14.5 Å². The maximum absolute atomic E-state index is 12.3. The summed E-state index contributed by atoms with van der Waals surface area (Å²) in [7, 11) is 0. The monoisotopic (exact) mass is 365 g/mol. The van der Waals surface area contributed by atoms with Crippen LogP contribution in [-0.4, -0.2) is 32.6 Å². The summed E-state index contributed by atoms with van der Waals surface area (Å²) in [6.45, 7) is 0.234. The van der Waals surface area contributed by atoms with Crippen molar-refractivity contribution in [1.82, 2.24) is 9.88 Å². The molecule has 3 heterocycles. The van der Waals surface area contributed by atoms with Crippen molar-refractivity contribution in [1.29, 1.82) is 0 Å². The van der Waals surface area contributed by atoms with Gasteiger partial charge in [0.2, 0.25) is 5.91 Å². The van der Waals surface area contributed by atoms with Gasteiger partial charge in [-0.1, -0.05) is 24.0 Å². The van der Waals surface area contributed by atoms with Crippen LogP contribution in [0.3, 0.4) is 0 Å². The topological polar surface area (TPSA) is 75.4 Å². The summed E-state index contributed by atoms with van der Waals surface area (Å²) < 4.78 is 5.64. The van der Waals surface area contributed by atoms with Crippen molar-refractivity contribution in [3.8, 4) is 0 Å². The maximum Gasteiger partial charge on any atom is 0.266 e. The van der Waals surface area contributed by atoms with Crippen LogP contribution < -0.4 is 5.32 Å². The van der Waals surface area contributed by atoms with Crippen LogP contribution >= 0.6 is 35.3 Å². The van der Waals surface area contributed by atoms with Gasteiger partial charge in [0.1, 0.15) is 10.1 Å². The molecule has 118 valence electrons. The van der Waals surface area contributed by atoms with Crippen molar-refractivity contribution in [2.24, 2.45) is 0 Å². The van der Waals surface area contributed by atoms with Gasteiger partial charge in [-0.05, 0) is 12.1 Å². The van der Waals surface area contributed by atoms with E-state index in [4.69, 9.17) is 16.6 Å². The third kappa shape index (κ3) is 3.87. The molecule has 23 heavy (non-hydrogen) atoms. The Hall–Kier alpha value is -1.97. The summed E-state index contributed by atoms with van der Waals surface area (Å²) in [4.78, 5) is 30.1. The van der Waals surface area contributed by atoms with Gasteiger partial charge in [0, 0.05) is 30.6 Å². The average molecular weight is 365 g/mol. The highest BCUT2D eigenvalue weighted by Gasteiger charge is 2.32. The SMILES string of the molecule is O=C(CCN1C(=O)C(=Cc2ccco2)SC1=S)Nc1nccs1. The van der Waals surface area contributed by atoms with Crippen molar-refractivity contribution < 1.29 is 14.0 Å². The Bertz CT molecular complexity index is 754. The molecule has 3 rings (SSSR count). The minimum absolute atomic E-state index is 0.153. The fraction of sp³-hybridized carbons (Fsp3) is 0.143. The highest BCUT2D eigenvalue weighted by Crippen LogP contribution is 2.32. The number of furan rings is 1. The third-order valence-electron chi connectivity index (χ3n) is 2.93. The van der Waals surface area contributed by atoms with Crippen LogP contribution in [-0.2, 0) is 9.59 Å². The fourth-order valence-electron chi connectivity index (χ4n) is 1.88. The number of thiazole rings is 1. The number of thioether (sulfide) groups is 1. The van der Waals surface area contributed by atoms with E-state index in [1.807, 2.05) is 0 Å². The van der Waals surface area contributed by atoms with E-state index in [0.29, 0.717) is 20.1 Å². The highest BCUT2D eigenvalue weighted by molar-refractivity contribution is 8.26. The largest absolute Gasteiger partial charge is 0.465 e. The minimum atomic E-state index is -0.210. The predicted molar refractivity (Wildman–Crippen MR) is 93.9 cm³/mol. The van der Waals surface area contributed by atoms with Gasteiger partial charge in [-0.2, -0.15) is 0 Å². The molecule has 0 atom stereocenters. The van der Waals surface area contributed by atoms with E-state index in [1.165, 1.54) is 34.3 Å². The molecule has 0 unspecified atom stereocenters. The lowest BCUT2D eigenvalue weighted by atomic mass is 10.3. The standard InChI is InChI=1S/C14H11N3O3S3/c18-11(16-13-15-4-7-22-13)3-5-17-12(19)10(23-14(17)21)8-9-2-1-6-20-9/h1-2,4,6-8H,3,5H2,(H,15,16,18). The number of nitrogens with zero attached hydrogens (tertiary/aromatic N) is 2. The number of anilines is 1. The quantitative estimate of drug-likeness (QED) is 0.648. The summed E-state index contributed by atoms with van der Waals surface area (Å²) in [5, 5.41) is 4.99. The Balaban J connectivity index is 1.59. The number of amides is 2. The lowest BCUT2D eigenvalue weighted by Gasteiger charge is -2.13. The second kappa shape index (κ2) is 7.07. The molecule has 1 aliphatic rings. The van der Waals surface area contributed by atoms with Gasteiger partial charge >= 0.3 is 0 Å². The summed E-state index contributed by atoms with van der Waals surface area (Å²) in [6, 6.07) is 3.50. The Morgan fingerprint density at radius 1 is 1.52 bits per heavy atom. The van der Waals surface area contributed by atoms with Crippen molar-refractivity contribution >= 4 is 62.7 Å². The molecule has 0 saturated carbocycles. The summed E-state index contributed by atoms with van der Waals surface area (Å²) >= 11 is 7.76. The fourth-order valence-corrected chi connectivity index (χ4v) is 3.71. The van der Waals surface area contributed by atoms with Crippen LogP contribution in [0.25, 0.3) is 6.08 Å². The molecule has 6 nitrogen and oxygen atoms in total. The van der Waals surface area contributed by atoms with Crippen molar-refractivity contribution in [3.05, 3.63) is 40.6 Å². The Morgan fingerprint density at radius 2 is 2.39 bits per heavy atom. The van der Waals surface area contributed by atoms with Crippen LogP contribution in [0.5, 0.6) is 0 Å². The highest BCUT2D eigenvalue weighted by atomic mass is 32.2. The first-order chi connectivity index (χ1) is 11.1. The number of aromatic nitrogens is 1. The molecule has 2 aromatic heterocycles. The molecule has 0 spiro atoms. The molecule has 0 aliphatic carbocycles. The number of carbonyl (C=O) groups excluding carboxylic acids is 2. The van der Waals surface area contributed by atoms with Gasteiger partial charge in [0.25, 0.3) is 5.91 Å². The number of hydrogen-bond donors (Lipinski definition) is 1. The minimum Gasteiger partial charge on any atom is -0.465 e. The molecule has 0 aromatic carbocycles. The summed E-state index contributed by atoms with van der Waals surface area (Å²) in [5.41, 5.74) is 0. The molecule has 1 saturated heterocycles. The summed E-state index contributed by atoms with van der Waals surface area (Å²) in [6.07, 6.45) is 4.95. The zero-order valence-corrected chi connectivity index (χ0v) is 14.2. The predicted octanol–water partition coefficient (Wildman–Crippen LogP) is 2.97. The van der Waals surface area contributed by atoms with E-state index >= 15 is 0 Å². The second-order valence-corrected chi connectivity index (χ2v) is 7.05. The zero-order chi connectivity index (χ0) is 16.2. The number of thiocarbonyl (C=S) groups is 1. The molecular formula is C14H11N3O3S3. The molecule has 1 N–H and O–H groups in total. The summed E-state index contributed by atoms with van der Waals surface area (Å²) in [5.74, 6) is 0.175. The zero-order valence-electron chi connectivity index (χ0n) is 11.7. The molecule has 2 aromatic rings. The van der Waals surface area contributed by atoms with Gasteiger partial charge in [-0.15, -0.1) is 11.3 Å². The second-order valence-electron chi connectivity index (χ2n) is 4.48. The van der Waals surface area contributed by atoms with Crippen LogP contribution in [0.4, 0.5) is 5.13 Å². The Labute approximate surface area is 145 Å². The first kappa shape index (κ1) is 15.9. The first-order valence-corrected chi connectivity index (χ1v) is 8.72. The van der Waals surface area contributed by atoms with Crippen molar-refractivity contribution in [3.63, 3.8) is 0 Å². The van der Waals surface area contributed by atoms with Crippen LogP contribution in [0.1, 0.15) is 12.2 Å². The van der Waals surface area contributed by atoms with Gasteiger partial charge in [0.15, 0.2) is 5.13 Å². The molecule has 2 amide bonds. The molecule has 0 radical (unpaired) electrons. The molecule has 0 bridgehead atoms. The molecular weight excluding hydrogens is 354 g/mol. The first-order valence-electron chi connectivity index (χ1n) is 6.62. The van der Waals surface area contributed by atoms with Gasteiger partial charge in [-0.25, -0.2) is 4.98 Å². The van der Waals surface area contributed by atoms with E-state index in [9.17, 15) is 9.59 Å². The van der Waals surface area contributed by atoms with Gasteiger partial charge < -0.3 is 9.73 Å². The molecule has 1 fully saturated rings. The maximum atomic E-state index is 12.3. The normalized spacial score (nSPS) is 16.3. The third-order valence-corrected chi connectivity index (χ3v) is 5.00. The van der Waals surface area contributed by atoms with Crippen LogP contribution in [0, 0.1) is 0 Å². The van der Waals surface area contributed by atoms with Crippen LogP contribution in [0.2, 0.25) is 0 Å². The van der Waals surface area contributed by atoms with E-state index in [2.05, 4.69) is 10.3 Å². The molecule has 1 aliphatic heterocycles. The van der Waals surface area contributed by atoms with E-state index in [0.717, 1.165) is 0 Å². The van der Waals surface area contributed by atoms with E-state index in [-0.39, 0.29) is 24.8 Å². The van der Waals surface area contributed by atoms with Crippen molar-refractivity contribution in [2.75, 3.05) is 11.9 Å². The van der Waals surface area contributed by atoms with Crippen LogP contribution in [0.15, 0.2) is 39.3 Å². The smallest absolute Gasteiger partial charge is 0.266 e.